The van der Waals surface area contributed by atoms with Gasteiger partial charge >= 0.3 is 0 Å². The van der Waals surface area contributed by atoms with Crippen LogP contribution in [-0.4, -0.2) is 27.0 Å². The van der Waals surface area contributed by atoms with Gasteiger partial charge in [-0.2, -0.15) is 0 Å². The lowest BCUT2D eigenvalue weighted by molar-refractivity contribution is -0.123. The molecule has 0 aliphatic rings. The zero-order valence-electron chi connectivity index (χ0n) is 14.5. The number of sulfonamides is 1. The van der Waals surface area contributed by atoms with Crippen molar-refractivity contribution in [1.82, 2.24) is 10.0 Å². The second-order valence-electron chi connectivity index (χ2n) is 5.94. The van der Waals surface area contributed by atoms with E-state index in [0.29, 0.717) is 11.3 Å². The van der Waals surface area contributed by atoms with Gasteiger partial charge in [0.1, 0.15) is 5.75 Å². The van der Waals surface area contributed by atoms with Crippen molar-refractivity contribution in [2.45, 2.75) is 31.3 Å². The van der Waals surface area contributed by atoms with E-state index in [-0.39, 0.29) is 30.0 Å². The first kappa shape index (κ1) is 20.4. The van der Waals surface area contributed by atoms with Gasteiger partial charge in [-0.25, -0.2) is 13.1 Å². The molecule has 0 spiro atoms. The maximum absolute atomic E-state index is 12.2. The number of amides is 1. The summed E-state index contributed by atoms with van der Waals surface area (Å²) in [7, 11) is -3.56. The summed E-state index contributed by atoms with van der Waals surface area (Å²) in [6.07, 6.45) is 0. The van der Waals surface area contributed by atoms with Gasteiger partial charge in [0.05, 0.1) is 4.90 Å². The predicted molar refractivity (Wildman–Crippen MR) is 103 cm³/mol. The molecule has 0 unspecified atom stereocenters. The summed E-state index contributed by atoms with van der Waals surface area (Å²) >= 11 is 3.33. The van der Waals surface area contributed by atoms with E-state index in [1.165, 1.54) is 6.07 Å². The standard InChI is InChI=1S/C18H21BrN2O4S/c1-13(2)21-26(23,24)17-5-3-4-14(10-17)11-20-18(22)12-25-16-8-6-15(19)7-9-16/h3-10,13,21H,11-12H2,1-2H3,(H,20,22). The minimum atomic E-state index is -3.56. The SMILES string of the molecule is CC(C)NS(=O)(=O)c1cccc(CNC(=O)COc2ccc(Br)cc2)c1. The quantitative estimate of drug-likeness (QED) is 0.660. The number of hydrogen-bond acceptors (Lipinski definition) is 4. The Kier molecular flexibility index (Phi) is 7.19. The van der Waals surface area contributed by atoms with Gasteiger partial charge in [-0.05, 0) is 55.8 Å². The second kappa shape index (κ2) is 9.16. The number of carbonyl (C=O) groups is 1. The molecule has 0 aromatic heterocycles. The van der Waals surface area contributed by atoms with E-state index < -0.39 is 10.0 Å². The van der Waals surface area contributed by atoms with Crippen molar-refractivity contribution in [1.29, 1.82) is 0 Å². The average Bonchev–Trinajstić information content (AvgIpc) is 2.58. The van der Waals surface area contributed by atoms with Gasteiger partial charge in [-0.3, -0.25) is 4.79 Å². The molecule has 0 bridgehead atoms. The smallest absolute Gasteiger partial charge is 0.258 e. The molecule has 0 aliphatic heterocycles. The number of nitrogens with one attached hydrogen (secondary N) is 2. The van der Waals surface area contributed by atoms with Crippen molar-refractivity contribution in [3.8, 4) is 5.75 Å². The van der Waals surface area contributed by atoms with Crippen molar-refractivity contribution in [2.24, 2.45) is 0 Å². The Balaban J connectivity index is 1.89. The molecule has 1 amide bonds. The van der Waals surface area contributed by atoms with Crippen LogP contribution in [0.25, 0.3) is 0 Å². The van der Waals surface area contributed by atoms with Crippen LogP contribution >= 0.6 is 15.9 Å². The molecule has 0 heterocycles. The van der Waals surface area contributed by atoms with Crippen LogP contribution in [0.2, 0.25) is 0 Å². The van der Waals surface area contributed by atoms with E-state index in [4.69, 9.17) is 4.74 Å². The maximum Gasteiger partial charge on any atom is 0.258 e. The Morgan fingerprint density at radius 1 is 1.15 bits per heavy atom. The highest BCUT2D eigenvalue weighted by molar-refractivity contribution is 9.10. The fourth-order valence-electron chi connectivity index (χ4n) is 2.13. The van der Waals surface area contributed by atoms with Crippen LogP contribution in [0.4, 0.5) is 0 Å². The molecule has 6 nitrogen and oxygen atoms in total. The van der Waals surface area contributed by atoms with Gasteiger partial charge in [0.15, 0.2) is 6.61 Å². The average molecular weight is 441 g/mol. The van der Waals surface area contributed by atoms with Gasteiger partial charge < -0.3 is 10.1 Å². The lowest BCUT2D eigenvalue weighted by atomic mass is 10.2. The Morgan fingerprint density at radius 2 is 1.85 bits per heavy atom. The van der Waals surface area contributed by atoms with Crippen LogP contribution in [0.1, 0.15) is 19.4 Å². The van der Waals surface area contributed by atoms with Crippen molar-refractivity contribution in [2.75, 3.05) is 6.61 Å². The van der Waals surface area contributed by atoms with E-state index in [2.05, 4.69) is 26.0 Å². The van der Waals surface area contributed by atoms with E-state index in [0.717, 1.165) is 4.47 Å². The zero-order valence-corrected chi connectivity index (χ0v) is 16.9. The minimum absolute atomic E-state index is 0.117. The molecule has 0 saturated heterocycles. The third-order valence-corrected chi connectivity index (χ3v) is 5.46. The van der Waals surface area contributed by atoms with Crippen LogP contribution in [-0.2, 0) is 21.4 Å². The van der Waals surface area contributed by atoms with Crippen LogP contribution in [0.3, 0.4) is 0 Å². The first-order valence-electron chi connectivity index (χ1n) is 8.02. The molecule has 0 saturated carbocycles. The summed E-state index contributed by atoms with van der Waals surface area (Å²) in [5.74, 6) is 0.303. The van der Waals surface area contributed by atoms with Crippen LogP contribution in [0, 0.1) is 0 Å². The Hall–Kier alpha value is -1.90. The molecule has 8 heteroatoms. The highest BCUT2D eigenvalue weighted by Gasteiger charge is 2.15. The van der Waals surface area contributed by atoms with Gasteiger partial charge in [0.2, 0.25) is 10.0 Å². The molecule has 2 rings (SSSR count). The van der Waals surface area contributed by atoms with E-state index in [1.807, 2.05) is 12.1 Å². The molecule has 0 fully saturated rings. The number of hydrogen-bond donors (Lipinski definition) is 2. The first-order chi connectivity index (χ1) is 12.3. The summed E-state index contributed by atoms with van der Waals surface area (Å²) in [6.45, 7) is 3.61. The summed E-state index contributed by atoms with van der Waals surface area (Å²) in [6, 6.07) is 13.4. The van der Waals surface area contributed by atoms with Gasteiger partial charge in [-0.1, -0.05) is 28.1 Å². The molecule has 0 aliphatic carbocycles. The minimum Gasteiger partial charge on any atom is -0.484 e. The zero-order chi connectivity index (χ0) is 19.2. The Labute approximate surface area is 162 Å². The Morgan fingerprint density at radius 3 is 2.50 bits per heavy atom. The number of carbonyl (C=O) groups excluding carboxylic acids is 1. The predicted octanol–water partition coefficient (Wildman–Crippen LogP) is 2.83. The summed E-state index contributed by atoms with van der Waals surface area (Å²) in [5.41, 5.74) is 0.689. The van der Waals surface area contributed by atoms with Gasteiger partial charge in [0.25, 0.3) is 5.91 Å². The monoisotopic (exact) mass is 440 g/mol. The topological polar surface area (TPSA) is 84.5 Å². The second-order valence-corrected chi connectivity index (χ2v) is 8.57. The Bertz CT molecular complexity index is 852. The fourth-order valence-corrected chi connectivity index (χ4v) is 3.72. The molecular formula is C18H21BrN2O4S. The molecular weight excluding hydrogens is 420 g/mol. The third kappa shape index (κ3) is 6.44. The molecule has 140 valence electrons. The van der Waals surface area contributed by atoms with Crippen LogP contribution in [0.5, 0.6) is 5.75 Å². The molecule has 2 aromatic rings. The summed E-state index contributed by atoms with van der Waals surface area (Å²) in [4.78, 5) is 12.1. The normalized spacial score (nSPS) is 11.4. The van der Waals surface area contributed by atoms with E-state index >= 15 is 0 Å². The number of halogens is 1. The largest absolute Gasteiger partial charge is 0.484 e. The van der Waals surface area contributed by atoms with Crippen molar-refractivity contribution < 1.29 is 17.9 Å². The van der Waals surface area contributed by atoms with Crippen LogP contribution < -0.4 is 14.8 Å². The van der Waals surface area contributed by atoms with Gasteiger partial charge in [-0.15, -0.1) is 0 Å². The fraction of sp³-hybridized carbons (Fsp3) is 0.278. The molecule has 2 aromatic carbocycles. The molecule has 0 atom stereocenters. The van der Waals surface area contributed by atoms with Gasteiger partial charge in [0, 0.05) is 17.1 Å². The summed E-state index contributed by atoms with van der Waals surface area (Å²) < 4.78 is 33.2. The lowest BCUT2D eigenvalue weighted by Gasteiger charge is -2.11. The highest BCUT2D eigenvalue weighted by atomic mass is 79.9. The molecule has 26 heavy (non-hydrogen) atoms. The van der Waals surface area contributed by atoms with Crippen LogP contribution in [0.15, 0.2) is 57.9 Å². The van der Waals surface area contributed by atoms with Crippen molar-refractivity contribution in [3.05, 3.63) is 58.6 Å². The van der Waals surface area contributed by atoms with Crippen molar-refractivity contribution >= 4 is 31.9 Å². The maximum atomic E-state index is 12.2. The number of rotatable bonds is 8. The van der Waals surface area contributed by atoms with E-state index in [9.17, 15) is 13.2 Å². The third-order valence-electron chi connectivity index (χ3n) is 3.27. The summed E-state index contributed by atoms with van der Waals surface area (Å²) in [5, 5.41) is 2.71. The van der Waals surface area contributed by atoms with E-state index in [1.54, 1.807) is 44.2 Å². The van der Waals surface area contributed by atoms with Crippen molar-refractivity contribution in [3.63, 3.8) is 0 Å². The molecule has 0 radical (unpaired) electrons. The molecule has 2 N–H and O–H groups in total. The highest BCUT2D eigenvalue weighted by Crippen LogP contribution is 2.16. The first-order valence-corrected chi connectivity index (χ1v) is 10.3. The number of benzene rings is 2. The number of ether oxygens (including phenoxy) is 1. The lowest BCUT2D eigenvalue weighted by Crippen LogP contribution is -2.30.